The van der Waals surface area contributed by atoms with E-state index in [0.29, 0.717) is 6.54 Å². The summed E-state index contributed by atoms with van der Waals surface area (Å²) in [6.07, 6.45) is 5.31. The average molecular weight is 224 g/mol. The van der Waals surface area contributed by atoms with Crippen molar-refractivity contribution in [3.63, 3.8) is 0 Å². The summed E-state index contributed by atoms with van der Waals surface area (Å²) in [6.45, 7) is 0.392. The Morgan fingerprint density at radius 3 is 2.82 bits per heavy atom. The van der Waals surface area contributed by atoms with E-state index in [-0.39, 0.29) is 0 Å². The molecule has 2 heterocycles. The highest BCUT2D eigenvalue weighted by Crippen LogP contribution is 2.28. The van der Waals surface area contributed by atoms with Gasteiger partial charge in [0, 0.05) is 41.6 Å². The van der Waals surface area contributed by atoms with Crippen molar-refractivity contribution in [2.24, 2.45) is 5.73 Å². The number of aromatic nitrogens is 3. The van der Waals surface area contributed by atoms with Crippen molar-refractivity contribution in [2.75, 3.05) is 0 Å². The second kappa shape index (κ2) is 3.99. The van der Waals surface area contributed by atoms with Crippen molar-refractivity contribution in [2.45, 2.75) is 6.54 Å². The lowest BCUT2D eigenvalue weighted by Gasteiger charge is -2.03. The van der Waals surface area contributed by atoms with E-state index in [1.165, 1.54) is 0 Å². The van der Waals surface area contributed by atoms with Crippen molar-refractivity contribution >= 4 is 10.9 Å². The molecule has 2 aromatic heterocycles. The fourth-order valence-electron chi connectivity index (χ4n) is 2.01. The maximum absolute atomic E-state index is 5.69. The zero-order valence-corrected chi connectivity index (χ0v) is 9.22. The van der Waals surface area contributed by atoms with E-state index in [9.17, 15) is 0 Å². The Morgan fingerprint density at radius 2 is 1.94 bits per heavy atom. The molecule has 0 atom stereocenters. The maximum atomic E-state index is 5.69. The molecule has 4 heteroatoms. The summed E-state index contributed by atoms with van der Waals surface area (Å²) in [5, 5.41) is 1.14. The highest BCUT2D eigenvalue weighted by Gasteiger charge is 2.10. The van der Waals surface area contributed by atoms with Gasteiger partial charge in [0.1, 0.15) is 0 Å². The van der Waals surface area contributed by atoms with Crippen LogP contribution in [-0.4, -0.2) is 15.0 Å². The number of para-hydroxylation sites is 1. The summed E-state index contributed by atoms with van der Waals surface area (Å²) < 4.78 is 0. The second-order valence-corrected chi connectivity index (χ2v) is 3.80. The molecule has 3 N–H and O–H groups in total. The average Bonchev–Trinajstić information content (AvgIpc) is 2.82. The standard InChI is InChI=1S/C13H12N4/c14-7-12-13(16-6-5-15-12)10-8-17-11-4-2-1-3-9(10)11/h1-6,8,17H,7,14H2. The van der Waals surface area contributed by atoms with E-state index in [1.54, 1.807) is 12.4 Å². The zero-order valence-electron chi connectivity index (χ0n) is 9.22. The van der Waals surface area contributed by atoms with Crippen LogP contribution in [0.15, 0.2) is 42.9 Å². The first-order chi connectivity index (χ1) is 8.40. The molecule has 0 saturated carbocycles. The van der Waals surface area contributed by atoms with E-state index in [0.717, 1.165) is 27.9 Å². The molecule has 84 valence electrons. The van der Waals surface area contributed by atoms with Crippen LogP contribution in [0.25, 0.3) is 22.2 Å². The van der Waals surface area contributed by atoms with Gasteiger partial charge in [-0.15, -0.1) is 0 Å². The molecule has 3 aromatic rings. The minimum Gasteiger partial charge on any atom is -0.360 e. The monoisotopic (exact) mass is 224 g/mol. The number of fused-ring (bicyclic) bond motifs is 1. The number of hydrogen-bond donors (Lipinski definition) is 2. The summed E-state index contributed by atoms with van der Waals surface area (Å²) >= 11 is 0. The molecular formula is C13H12N4. The topological polar surface area (TPSA) is 67.6 Å². The Balaban J connectivity index is 2.27. The number of hydrogen-bond acceptors (Lipinski definition) is 3. The van der Waals surface area contributed by atoms with Crippen LogP contribution < -0.4 is 5.73 Å². The predicted molar refractivity (Wildman–Crippen MR) is 67.2 cm³/mol. The summed E-state index contributed by atoms with van der Waals surface area (Å²) in [4.78, 5) is 11.9. The first-order valence-electron chi connectivity index (χ1n) is 5.46. The van der Waals surface area contributed by atoms with E-state index >= 15 is 0 Å². The van der Waals surface area contributed by atoms with Crippen molar-refractivity contribution in [3.8, 4) is 11.3 Å². The molecule has 0 aliphatic rings. The van der Waals surface area contributed by atoms with E-state index < -0.39 is 0 Å². The summed E-state index contributed by atoms with van der Waals surface area (Å²) in [5.41, 5.74) is 9.50. The number of aromatic amines is 1. The van der Waals surface area contributed by atoms with Gasteiger partial charge >= 0.3 is 0 Å². The Hall–Kier alpha value is -2.20. The third-order valence-corrected chi connectivity index (χ3v) is 2.81. The van der Waals surface area contributed by atoms with Gasteiger partial charge < -0.3 is 10.7 Å². The van der Waals surface area contributed by atoms with Crippen molar-refractivity contribution in [1.82, 2.24) is 15.0 Å². The van der Waals surface area contributed by atoms with E-state index in [4.69, 9.17) is 5.73 Å². The number of nitrogens with two attached hydrogens (primary N) is 1. The largest absolute Gasteiger partial charge is 0.360 e. The number of H-pyrrole nitrogens is 1. The molecule has 1 aromatic carbocycles. The minimum atomic E-state index is 0.392. The molecule has 0 aliphatic carbocycles. The van der Waals surface area contributed by atoms with E-state index in [1.807, 2.05) is 24.4 Å². The van der Waals surface area contributed by atoms with Gasteiger partial charge in [-0.1, -0.05) is 18.2 Å². The molecule has 0 spiro atoms. The molecule has 0 aliphatic heterocycles. The first-order valence-corrected chi connectivity index (χ1v) is 5.46. The lowest BCUT2D eigenvalue weighted by atomic mass is 10.1. The van der Waals surface area contributed by atoms with Crippen LogP contribution in [0.5, 0.6) is 0 Å². The molecule has 3 rings (SSSR count). The number of nitrogens with one attached hydrogen (secondary N) is 1. The molecule has 0 radical (unpaired) electrons. The van der Waals surface area contributed by atoms with Crippen LogP contribution >= 0.6 is 0 Å². The molecule has 0 fully saturated rings. The SMILES string of the molecule is NCc1nccnc1-c1c[nH]c2ccccc12. The zero-order chi connectivity index (χ0) is 11.7. The Kier molecular flexibility index (Phi) is 2.34. The van der Waals surface area contributed by atoms with Crippen LogP contribution in [0, 0.1) is 0 Å². The van der Waals surface area contributed by atoms with Gasteiger partial charge in [-0.05, 0) is 6.07 Å². The molecule has 0 bridgehead atoms. The quantitative estimate of drug-likeness (QED) is 0.700. The fourth-order valence-corrected chi connectivity index (χ4v) is 2.01. The number of nitrogens with zero attached hydrogens (tertiary/aromatic N) is 2. The highest BCUT2D eigenvalue weighted by molar-refractivity contribution is 5.94. The van der Waals surface area contributed by atoms with Crippen molar-refractivity contribution in [3.05, 3.63) is 48.5 Å². The lowest BCUT2D eigenvalue weighted by molar-refractivity contribution is 0.970. The molecule has 4 nitrogen and oxygen atoms in total. The van der Waals surface area contributed by atoms with Crippen LogP contribution in [-0.2, 0) is 6.54 Å². The summed E-state index contributed by atoms with van der Waals surface area (Å²) in [6, 6.07) is 8.12. The van der Waals surface area contributed by atoms with Crippen molar-refractivity contribution in [1.29, 1.82) is 0 Å². The van der Waals surface area contributed by atoms with Crippen LogP contribution in [0.1, 0.15) is 5.69 Å². The van der Waals surface area contributed by atoms with Gasteiger partial charge in [0.2, 0.25) is 0 Å². The normalized spacial score (nSPS) is 10.9. The third-order valence-electron chi connectivity index (χ3n) is 2.81. The smallest absolute Gasteiger partial charge is 0.0951 e. The molecule has 17 heavy (non-hydrogen) atoms. The molecule has 0 saturated heterocycles. The minimum absolute atomic E-state index is 0.392. The Labute approximate surface area is 98.5 Å². The van der Waals surface area contributed by atoms with E-state index in [2.05, 4.69) is 21.0 Å². The third kappa shape index (κ3) is 1.59. The summed E-state index contributed by atoms with van der Waals surface area (Å²) in [7, 11) is 0. The van der Waals surface area contributed by atoms with Gasteiger partial charge in [0.25, 0.3) is 0 Å². The molecule has 0 amide bonds. The van der Waals surface area contributed by atoms with Gasteiger partial charge in [-0.2, -0.15) is 0 Å². The molecule has 0 unspecified atom stereocenters. The lowest BCUT2D eigenvalue weighted by Crippen LogP contribution is -2.03. The predicted octanol–water partition coefficient (Wildman–Crippen LogP) is 2.08. The fraction of sp³-hybridized carbons (Fsp3) is 0.0769. The molecular weight excluding hydrogens is 212 g/mol. The Bertz CT molecular complexity index is 657. The van der Waals surface area contributed by atoms with Gasteiger partial charge in [-0.25, -0.2) is 0 Å². The number of rotatable bonds is 2. The van der Waals surface area contributed by atoms with Crippen molar-refractivity contribution < 1.29 is 0 Å². The first kappa shape index (κ1) is 9.99. The van der Waals surface area contributed by atoms with Crippen LogP contribution in [0.2, 0.25) is 0 Å². The second-order valence-electron chi connectivity index (χ2n) is 3.80. The van der Waals surface area contributed by atoms with Crippen LogP contribution in [0.4, 0.5) is 0 Å². The maximum Gasteiger partial charge on any atom is 0.0951 e. The summed E-state index contributed by atoms with van der Waals surface area (Å²) in [5.74, 6) is 0. The highest BCUT2D eigenvalue weighted by atomic mass is 14.8. The van der Waals surface area contributed by atoms with Gasteiger partial charge in [0.15, 0.2) is 0 Å². The Morgan fingerprint density at radius 1 is 1.12 bits per heavy atom. The number of benzene rings is 1. The van der Waals surface area contributed by atoms with Crippen LogP contribution in [0.3, 0.4) is 0 Å². The van der Waals surface area contributed by atoms with Gasteiger partial charge in [-0.3, -0.25) is 9.97 Å². The van der Waals surface area contributed by atoms with Gasteiger partial charge in [0.05, 0.1) is 11.4 Å².